The Morgan fingerprint density at radius 3 is 2.16 bits per heavy atom. The van der Waals surface area contributed by atoms with Gasteiger partial charge in [0.25, 0.3) is 0 Å². The number of nitrogens with two attached hydrogens (primary N) is 1. The molecule has 0 radical (unpaired) electrons. The number of esters is 1. The quantitative estimate of drug-likeness (QED) is 0.220. The second kappa shape index (κ2) is 11.1. The van der Waals surface area contributed by atoms with Crippen LogP contribution in [0, 0.1) is 5.92 Å². The summed E-state index contributed by atoms with van der Waals surface area (Å²) in [7, 11) is -4.17. The topological polar surface area (TPSA) is 147 Å². The van der Waals surface area contributed by atoms with Gasteiger partial charge in [-0.25, -0.2) is 5.14 Å². The maximum atomic E-state index is 10.5. The molecule has 9 heteroatoms. The van der Waals surface area contributed by atoms with Crippen molar-refractivity contribution in [1.82, 2.24) is 0 Å². The molecule has 0 saturated carbocycles. The number of ether oxygens (including phenoxy) is 1. The standard InChI is InChI=1S/C10H20O4.H3NO3S/c1-3-4-5-6-9(7-11)10(13)14-8(2)12;1-5(2,3)4/h9-11,13H,3-7H2,1-2H3;(H3,1,2,3,4)/t9-,10?;/m0./s1. The molecule has 0 aromatic heterocycles. The predicted octanol–water partition coefficient (Wildman–Crippen LogP) is -0.195. The van der Waals surface area contributed by atoms with Gasteiger partial charge in [-0.15, -0.1) is 0 Å². The first-order chi connectivity index (χ1) is 8.61. The smallest absolute Gasteiger partial charge is 0.330 e. The van der Waals surface area contributed by atoms with Crippen LogP contribution in [0.2, 0.25) is 0 Å². The second-order valence-electron chi connectivity index (χ2n) is 3.95. The lowest BCUT2D eigenvalue weighted by Crippen LogP contribution is -2.28. The van der Waals surface area contributed by atoms with Crippen LogP contribution in [0.5, 0.6) is 0 Å². The summed E-state index contributed by atoms with van der Waals surface area (Å²) in [6.07, 6.45) is 2.58. The number of aliphatic hydroxyl groups excluding tert-OH is 2. The van der Waals surface area contributed by atoms with Crippen LogP contribution in [-0.4, -0.2) is 42.0 Å². The van der Waals surface area contributed by atoms with Crippen molar-refractivity contribution in [2.24, 2.45) is 11.1 Å². The molecule has 1 unspecified atom stereocenters. The van der Waals surface area contributed by atoms with E-state index in [0.29, 0.717) is 6.42 Å². The lowest BCUT2D eigenvalue weighted by Gasteiger charge is -2.19. The molecule has 0 fully saturated rings. The Hall–Kier alpha value is -0.740. The van der Waals surface area contributed by atoms with Crippen LogP contribution in [0.4, 0.5) is 0 Å². The fraction of sp³-hybridized carbons (Fsp3) is 0.900. The first-order valence-electron chi connectivity index (χ1n) is 5.83. The van der Waals surface area contributed by atoms with Crippen LogP contribution >= 0.6 is 0 Å². The van der Waals surface area contributed by atoms with Crippen LogP contribution in [0.15, 0.2) is 0 Å². The molecule has 0 aliphatic heterocycles. The molecule has 8 nitrogen and oxygen atoms in total. The highest BCUT2D eigenvalue weighted by atomic mass is 32.2. The monoisotopic (exact) mass is 301 g/mol. The maximum Gasteiger partial charge on any atom is 0.330 e. The van der Waals surface area contributed by atoms with Crippen molar-refractivity contribution < 1.29 is 32.7 Å². The number of carbonyl (C=O) groups excluding carboxylic acids is 1. The van der Waals surface area contributed by atoms with Crippen LogP contribution < -0.4 is 5.14 Å². The van der Waals surface area contributed by atoms with E-state index in [4.69, 9.17) is 18.1 Å². The van der Waals surface area contributed by atoms with Gasteiger partial charge in [0.2, 0.25) is 6.29 Å². The molecule has 2 atom stereocenters. The molecule has 0 heterocycles. The van der Waals surface area contributed by atoms with Gasteiger partial charge in [0.05, 0.1) is 6.61 Å². The van der Waals surface area contributed by atoms with Crippen LogP contribution in [-0.2, 0) is 19.8 Å². The Morgan fingerprint density at radius 2 is 1.84 bits per heavy atom. The molecule has 0 rings (SSSR count). The molecule has 0 amide bonds. The van der Waals surface area contributed by atoms with Crippen molar-refractivity contribution in [1.29, 1.82) is 0 Å². The van der Waals surface area contributed by atoms with Crippen LogP contribution in [0.25, 0.3) is 0 Å². The molecule has 116 valence electrons. The fourth-order valence-electron chi connectivity index (χ4n) is 1.25. The maximum absolute atomic E-state index is 10.5. The molecule has 0 aromatic carbocycles. The van der Waals surface area contributed by atoms with Gasteiger partial charge in [0.1, 0.15) is 0 Å². The van der Waals surface area contributed by atoms with Gasteiger partial charge in [-0.1, -0.05) is 26.2 Å². The highest BCUT2D eigenvalue weighted by Gasteiger charge is 2.20. The summed E-state index contributed by atoms with van der Waals surface area (Å²) in [6.45, 7) is 3.16. The molecular weight excluding hydrogens is 278 g/mol. The average Bonchev–Trinajstić information content (AvgIpc) is 2.21. The summed E-state index contributed by atoms with van der Waals surface area (Å²) >= 11 is 0. The number of hydrogen-bond donors (Lipinski definition) is 4. The Kier molecular flexibility index (Phi) is 12.0. The molecular formula is C10H23NO7S. The van der Waals surface area contributed by atoms with Gasteiger partial charge in [-0.3, -0.25) is 9.35 Å². The summed E-state index contributed by atoms with van der Waals surface area (Å²) in [5.41, 5.74) is 0. The van der Waals surface area contributed by atoms with E-state index in [1.165, 1.54) is 6.92 Å². The number of aliphatic hydroxyl groups is 2. The summed E-state index contributed by atoms with van der Waals surface area (Å²) in [5.74, 6) is -0.878. The van der Waals surface area contributed by atoms with Crippen molar-refractivity contribution in [3.05, 3.63) is 0 Å². The van der Waals surface area contributed by atoms with E-state index in [1.807, 2.05) is 0 Å². The summed E-state index contributed by atoms with van der Waals surface area (Å²) in [6, 6.07) is 0. The minimum absolute atomic E-state index is 0.155. The minimum Gasteiger partial charge on any atom is -0.436 e. The van der Waals surface area contributed by atoms with Crippen LogP contribution in [0.3, 0.4) is 0 Å². The third-order valence-corrected chi connectivity index (χ3v) is 2.10. The Morgan fingerprint density at radius 1 is 1.37 bits per heavy atom. The highest BCUT2D eigenvalue weighted by Crippen LogP contribution is 2.14. The molecule has 19 heavy (non-hydrogen) atoms. The van der Waals surface area contributed by atoms with E-state index in [0.717, 1.165) is 19.3 Å². The lowest BCUT2D eigenvalue weighted by atomic mass is 10.0. The Labute approximate surface area is 113 Å². The molecule has 0 aliphatic carbocycles. The molecule has 0 aromatic rings. The number of hydrogen-bond acceptors (Lipinski definition) is 6. The number of rotatable bonds is 7. The molecule has 5 N–H and O–H groups in total. The van der Waals surface area contributed by atoms with E-state index < -0.39 is 22.6 Å². The zero-order chi connectivity index (χ0) is 15.5. The van der Waals surface area contributed by atoms with Gasteiger partial charge in [0, 0.05) is 12.8 Å². The van der Waals surface area contributed by atoms with E-state index in [-0.39, 0.29) is 12.5 Å². The first-order valence-corrected chi connectivity index (χ1v) is 7.33. The van der Waals surface area contributed by atoms with Crippen molar-refractivity contribution in [3.63, 3.8) is 0 Å². The third kappa shape index (κ3) is 19.8. The largest absolute Gasteiger partial charge is 0.436 e. The molecule has 0 bridgehead atoms. The highest BCUT2D eigenvalue weighted by molar-refractivity contribution is 7.83. The SMILES string of the molecule is CCCCC[C@@H](CO)C(O)OC(C)=O.NS(=O)(=O)O. The first kappa shape index (κ1) is 20.6. The van der Waals surface area contributed by atoms with Crippen LogP contribution in [0.1, 0.15) is 39.5 Å². The lowest BCUT2D eigenvalue weighted by molar-refractivity contribution is -0.177. The van der Waals surface area contributed by atoms with Gasteiger partial charge >= 0.3 is 16.3 Å². The zero-order valence-electron chi connectivity index (χ0n) is 11.2. The zero-order valence-corrected chi connectivity index (χ0v) is 12.0. The number of unbranched alkanes of at least 4 members (excludes halogenated alkanes) is 2. The fourth-order valence-corrected chi connectivity index (χ4v) is 1.25. The van der Waals surface area contributed by atoms with E-state index in [1.54, 1.807) is 0 Å². The molecule has 0 saturated heterocycles. The Balaban J connectivity index is 0. The predicted molar refractivity (Wildman–Crippen MR) is 68.2 cm³/mol. The minimum atomic E-state index is -4.17. The number of carbonyl (C=O) groups is 1. The van der Waals surface area contributed by atoms with Crippen molar-refractivity contribution >= 4 is 16.3 Å². The normalized spacial score (nSPS) is 14.0. The van der Waals surface area contributed by atoms with Crippen molar-refractivity contribution in [2.75, 3.05) is 6.61 Å². The van der Waals surface area contributed by atoms with E-state index in [9.17, 15) is 9.90 Å². The van der Waals surface area contributed by atoms with Gasteiger partial charge in [0.15, 0.2) is 0 Å². The van der Waals surface area contributed by atoms with Gasteiger partial charge in [-0.2, -0.15) is 8.42 Å². The molecule has 0 spiro atoms. The summed E-state index contributed by atoms with van der Waals surface area (Å²) in [4.78, 5) is 10.5. The summed E-state index contributed by atoms with van der Waals surface area (Å²) in [5, 5.41) is 22.2. The summed E-state index contributed by atoms with van der Waals surface area (Å²) < 4.78 is 29.8. The second-order valence-corrected chi connectivity index (χ2v) is 4.98. The van der Waals surface area contributed by atoms with Crippen molar-refractivity contribution in [2.45, 2.75) is 45.8 Å². The van der Waals surface area contributed by atoms with E-state index >= 15 is 0 Å². The molecule has 0 aliphatic rings. The Bertz CT molecular complexity index is 323. The van der Waals surface area contributed by atoms with E-state index in [2.05, 4.69) is 16.8 Å². The van der Waals surface area contributed by atoms with Gasteiger partial charge < -0.3 is 14.9 Å². The van der Waals surface area contributed by atoms with Crippen molar-refractivity contribution in [3.8, 4) is 0 Å². The third-order valence-electron chi connectivity index (χ3n) is 2.10. The average molecular weight is 301 g/mol. The van der Waals surface area contributed by atoms with Gasteiger partial charge in [-0.05, 0) is 6.42 Å².